The number of morpholine rings is 1. The van der Waals surface area contributed by atoms with Crippen molar-refractivity contribution in [2.24, 2.45) is 0 Å². The van der Waals surface area contributed by atoms with Gasteiger partial charge in [0.1, 0.15) is 29.9 Å². The number of ketones is 1. The number of amides is 1. The van der Waals surface area contributed by atoms with E-state index in [0.717, 1.165) is 19.6 Å². The first kappa shape index (κ1) is 22.8. The van der Waals surface area contributed by atoms with Crippen LogP contribution < -0.4 is 4.74 Å². The highest BCUT2D eigenvalue weighted by molar-refractivity contribution is 6.46. The van der Waals surface area contributed by atoms with Gasteiger partial charge in [-0.1, -0.05) is 12.7 Å². The molecule has 8 nitrogen and oxygen atoms in total. The minimum atomic E-state index is -0.776. The molecule has 33 heavy (non-hydrogen) atoms. The molecule has 0 bridgehead atoms. The van der Waals surface area contributed by atoms with Crippen LogP contribution in [0.2, 0.25) is 0 Å². The number of nitrogens with zero attached hydrogens (tertiary/aromatic N) is 2. The highest BCUT2D eigenvalue weighted by Crippen LogP contribution is 2.39. The zero-order valence-electron chi connectivity index (χ0n) is 18.4. The number of aliphatic hydroxyl groups is 1. The second-order valence-corrected chi connectivity index (χ2v) is 7.94. The predicted molar refractivity (Wildman–Crippen MR) is 122 cm³/mol. The molecular weight excluding hydrogens is 424 g/mol. The number of rotatable bonds is 9. The molecular formula is C25H28N2O6. The lowest BCUT2D eigenvalue weighted by Crippen LogP contribution is -2.38. The molecule has 0 spiro atoms. The molecule has 2 aliphatic rings. The molecule has 1 unspecified atom stereocenters. The second kappa shape index (κ2) is 10.5. The topological polar surface area (TPSA) is 92.5 Å². The zero-order valence-corrected chi connectivity index (χ0v) is 18.4. The summed E-state index contributed by atoms with van der Waals surface area (Å²) >= 11 is 0. The van der Waals surface area contributed by atoms with E-state index in [2.05, 4.69) is 11.5 Å². The molecule has 0 radical (unpaired) electrons. The Kier molecular flexibility index (Phi) is 7.26. The number of carbonyl (C=O) groups excluding carboxylic acids is 2. The summed E-state index contributed by atoms with van der Waals surface area (Å²) in [5.74, 6) is -0.538. The van der Waals surface area contributed by atoms with E-state index in [4.69, 9.17) is 13.9 Å². The first-order valence-corrected chi connectivity index (χ1v) is 11.1. The number of ether oxygens (including phenoxy) is 2. The average Bonchev–Trinajstić information content (AvgIpc) is 3.46. The summed E-state index contributed by atoms with van der Waals surface area (Å²) in [4.78, 5) is 29.7. The quantitative estimate of drug-likeness (QED) is 0.271. The smallest absolute Gasteiger partial charge is 0.295 e. The number of Topliss-reactive ketones (excluding diaryl/α,β-unsaturated/α-hetero) is 1. The van der Waals surface area contributed by atoms with Gasteiger partial charge in [0.15, 0.2) is 0 Å². The molecule has 8 heteroatoms. The Balaban J connectivity index is 1.58. The maximum Gasteiger partial charge on any atom is 0.295 e. The summed E-state index contributed by atoms with van der Waals surface area (Å²) in [5, 5.41) is 11.1. The van der Waals surface area contributed by atoms with E-state index in [1.54, 1.807) is 42.5 Å². The van der Waals surface area contributed by atoms with Crippen molar-refractivity contribution >= 4 is 17.4 Å². The summed E-state index contributed by atoms with van der Waals surface area (Å²) in [5.41, 5.74) is 0.449. The summed E-state index contributed by atoms with van der Waals surface area (Å²) in [6.07, 6.45) is 3.83. The van der Waals surface area contributed by atoms with Crippen LogP contribution in [0.4, 0.5) is 0 Å². The molecule has 4 rings (SSSR count). The molecule has 1 amide bonds. The van der Waals surface area contributed by atoms with Crippen LogP contribution in [0.25, 0.3) is 5.76 Å². The van der Waals surface area contributed by atoms with Crippen LogP contribution in [-0.4, -0.2) is 72.6 Å². The Morgan fingerprint density at radius 1 is 1.15 bits per heavy atom. The summed E-state index contributed by atoms with van der Waals surface area (Å²) < 4.78 is 16.4. The Morgan fingerprint density at radius 3 is 2.58 bits per heavy atom. The van der Waals surface area contributed by atoms with Gasteiger partial charge < -0.3 is 23.9 Å². The normalized spacial score (nSPS) is 20.8. The Bertz CT molecular complexity index is 1010. The van der Waals surface area contributed by atoms with Crippen LogP contribution in [0.15, 0.2) is 65.3 Å². The second-order valence-electron chi connectivity index (χ2n) is 7.94. The third-order valence-corrected chi connectivity index (χ3v) is 5.83. The molecule has 0 saturated carbocycles. The standard InChI is InChI=1S/C25H28N2O6/c1-2-14-32-19-8-6-18(7-9-19)23(28)21-22(20-5-3-15-33-20)27(25(30)24(21)29)11-4-10-26-12-16-31-17-13-26/h2-3,5-9,15,22,28H,1,4,10-14,16-17H2/b23-21+. The lowest BCUT2D eigenvalue weighted by molar-refractivity contribution is -0.140. The highest BCUT2D eigenvalue weighted by atomic mass is 16.5. The van der Waals surface area contributed by atoms with E-state index in [9.17, 15) is 14.7 Å². The Morgan fingerprint density at radius 2 is 1.91 bits per heavy atom. The largest absolute Gasteiger partial charge is 0.507 e. The van der Waals surface area contributed by atoms with Gasteiger partial charge in [0, 0.05) is 31.7 Å². The van der Waals surface area contributed by atoms with E-state index in [-0.39, 0.29) is 11.3 Å². The van der Waals surface area contributed by atoms with E-state index in [1.807, 2.05) is 0 Å². The fourth-order valence-corrected chi connectivity index (χ4v) is 4.16. The van der Waals surface area contributed by atoms with Gasteiger partial charge in [0.25, 0.3) is 11.7 Å². The lowest BCUT2D eigenvalue weighted by Gasteiger charge is -2.28. The number of likely N-dealkylation sites (tertiary alicyclic amines) is 1. The first-order chi connectivity index (χ1) is 16.1. The third-order valence-electron chi connectivity index (χ3n) is 5.83. The van der Waals surface area contributed by atoms with Gasteiger partial charge in [-0.2, -0.15) is 0 Å². The Hall–Kier alpha value is -3.36. The number of aliphatic hydroxyl groups excluding tert-OH is 1. The fraction of sp³-hybridized carbons (Fsp3) is 0.360. The van der Waals surface area contributed by atoms with Crippen molar-refractivity contribution < 1.29 is 28.6 Å². The van der Waals surface area contributed by atoms with Gasteiger partial charge in [0.05, 0.1) is 25.1 Å². The average molecular weight is 453 g/mol. The molecule has 1 aromatic heterocycles. The summed E-state index contributed by atoms with van der Waals surface area (Å²) in [6, 6.07) is 9.33. The minimum absolute atomic E-state index is 0.0288. The summed E-state index contributed by atoms with van der Waals surface area (Å²) in [7, 11) is 0. The highest BCUT2D eigenvalue weighted by Gasteiger charge is 2.47. The van der Waals surface area contributed by atoms with Crippen molar-refractivity contribution in [3.63, 3.8) is 0 Å². The third kappa shape index (κ3) is 5.02. The minimum Gasteiger partial charge on any atom is -0.507 e. The number of furan rings is 1. The zero-order chi connectivity index (χ0) is 23.2. The fourth-order valence-electron chi connectivity index (χ4n) is 4.16. The maximum atomic E-state index is 13.0. The van der Waals surface area contributed by atoms with Crippen molar-refractivity contribution in [1.82, 2.24) is 9.80 Å². The van der Waals surface area contributed by atoms with Crippen molar-refractivity contribution in [2.45, 2.75) is 12.5 Å². The lowest BCUT2D eigenvalue weighted by atomic mass is 9.99. The molecule has 1 atom stereocenters. The van der Waals surface area contributed by atoms with Gasteiger partial charge in [-0.3, -0.25) is 14.5 Å². The van der Waals surface area contributed by atoms with Crippen molar-refractivity contribution in [3.8, 4) is 5.75 Å². The maximum absolute atomic E-state index is 13.0. The monoisotopic (exact) mass is 452 g/mol. The van der Waals surface area contributed by atoms with Crippen molar-refractivity contribution in [3.05, 3.63) is 72.2 Å². The van der Waals surface area contributed by atoms with E-state index >= 15 is 0 Å². The Labute approximate surface area is 192 Å². The molecule has 0 aliphatic carbocycles. The SMILES string of the molecule is C=CCOc1ccc(/C(O)=C2\C(=O)C(=O)N(CCCN3CCOCC3)C2c2ccco2)cc1. The van der Waals surface area contributed by atoms with E-state index < -0.39 is 17.7 Å². The van der Waals surface area contributed by atoms with Gasteiger partial charge in [-0.05, 0) is 42.8 Å². The molecule has 1 aromatic carbocycles. The number of benzene rings is 1. The van der Waals surface area contributed by atoms with Crippen LogP contribution in [0.5, 0.6) is 5.75 Å². The van der Waals surface area contributed by atoms with Crippen molar-refractivity contribution in [2.75, 3.05) is 46.0 Å². The molecule has 2 aromatic rings. The number of carbonyl (C=O) groups is 2. The van der Waals surface area contributed by atoms with Gasteiger partial charge in [-0.15, -0.1) is 0 Å². The molecule has 2 aliphatic heterocycles. The van der Waals surface area contributed by atoms with Crippen LogP contribution in [0.1, 0.15) is 23.8 Å². The van der Waals surface area contributed by atoms with Crippen LogP contribution in [0, 0.1) is 0 Å². The van der Waals surface area contributed by atoms with Crippen LogP contribution in [-0.2, 0) is 14.3 Å². The molecule has 2 fully saturated rings. The van der Waals surface area contributed by atoms with Crippen molar-refractivity contribution in [1.29, 1.82) is 0 Å². The van der Waals surface area contributed by atoms with Gasteiger partial charge in [-0.25, -0.2) is 0 Å². The van der Waals surface area contributed by atoms with Gasteiger partial charge >= 0.3 is 0 Å². The van der Waals surface area contributed by atoms with Crippen LogP contribution in [0.3, 0.4) is 0 Å². The van der Waals surface area contributed by atoms with Crippen LogP contribution >= 0.6 is 0 Å². The molecule has 3 heterocycles. The molecule has 174 valence electrons. The first-order valence-electron chi connectivity index (χ1n) is 11.1. The molecule has 1 N–H and O–H groups in total. The van der Waals surface area contributed by atoms with E-state index in [0.29, 0.717) is 49.9 Å². The van der Waals surface area contributed by atoms with Gasteiger partial charge in [0.2, 0.25) is 0 Å². The summed E-state index contributed by atoms with van der Waals surface area (Å²) in [6.45, 7) is 8.26. The predicted octanol–water partition coefficient (Wildman–Crippen LogP) is 2.99. The number of hydrogen-bond acceptors (Lipinski definition) is 7. The molecule has 2 saturated heterocycles. The van der Waals surface area contributed by atoms with E-state index in [1.165, 1.54) is 11.2 Å². The number of hydrogen-bond donors (Lipinski definition) is 1.